The van der Waals surface area contributed by atoms with Gasteiger partial charge in [0.1, 0.15) is 11.6 Å². The highest BCUT2D eigenvalue weighted by molar-refractivity contribution is 5.80. The lowest BCUT2D eigenvalue weighted by atomic mass is 10.3. The van der Waals surface area contributed by atoms with Crippen molar-refractivity contribution in [3.63, 3.8) is 0 Å². The highest BCUT2D eigenvalue weighted by Gasteiger charge is 2.08. The van der Waals surface area contributed by atoms with E-state index in [4.69, 9.17) is 4.74 Å². The van der Waals surface area contributed by atoms with Crippen LogP contribution in [0.2, 0.25) is 0 Å². The number of ether oxygens (including phenoxy) is 1. The van der Waals surface area contributed by atoms with E-state index in [-0.39, 0.29) is 18.1 Å². The van der Waals surface area contributed by atoms with Crippen molar-refractivity contribution >= 4 is 11.6 Å². The summed E-state index contributed by atoms with van der Waals surface area (Å²) in [5.41, 5.74) is 0.266. The molecular formula is C12H17FN2O2. The van der Waals surface area contributed by atoms with E-state index in [1.165, 1.54) is 25.3 Å². The fourth-order valence-corrected chi connectivity index (χ4v) is 1.25. The molecule has 0 saturated heterocycles. The molecule has 0 radical (unpaired) electrons. The fourth-order valence-electron chi connectivity index (χ4n) is 1.25. The fraction of sp³-hybridized carbons (Fsp3) is 0.417. The zero-order valence-corrected chi connectivity index (χ0v) is 10.3. The smallest absolute Gasteiger partial charge is 0.241 e. The number of rotatable bonds is 5. The van der Waals surface area contributed by atoms with Gasteiger partial charge in [-0.25, -0.2) is 4.39 Å². The van der Waals surface area contributed by atoms with Crippen molar-refractivity contribution in [2.24, 2.45) is 0 Å². The van der Waals surface area contributed by atoms with E-state index in [0.29, 0.717) is 12.3 Å². The summed E-state index contributed by atoms with van der Waals surface area (Å²) in [5.74, 6) is 0.0534. The number of carbonyl (C=O) groups excluding carboxylic acids is 1. The first-order chi connectivity index (χ1) is 8.08. The first-order valence-corrected chi connectivity index (χ1v) is 5.39. The molecule has 1 aromatic rings. The van der Waals surface area contributed by atoms with E-state index >= 15 is 0 Å². The van der Waals surface area contributed by atoms with Crippen LogP contribution in [0.4, 0.5) is 10.1 Å². The zero-order chi connectivity index (χ0) is 12.8. The lowest BCUT2D eigenvalue weighted by molar-refractivity contribution is -0.127. The van der Waals surface area contributed by atoms with Gasteiger partial charge in [0, 0.05) is 19.7 Å². The van der Waals surface area contributed by atoms with E-state index < -0.39 is 5.82 Å². The van der Waals surface area contributed by atoms with Crippen LogP contribution < -0.4 is 10.1 Å². The van der Waals surface area contributed by atoms with Gasteiger partial charge in [-0.3, -0.25) is 4.79 Å². The van der Waals surface area contributed by atoms with E-state index in [1.54, 1.807) is 11.9 Å². The van der Waals surface area contributed by atoms with Crippen LogP contribution in [0.25, 0.3) is 0 Å². The Labute approximate surface area is 100 Å². The van der Waals surface area contributed by atoms with E-state index in [0.717, 1.165) is 0 Å². The molecule has 17 heavy (non-hydrogen) atoms. The molecule has 0 heterocycles. The predicted molar refractivity (Wildman–Crippen MR) is 64.8 cm³/mol. The second-order valence-electron chi connectivity index (χ2n) is 3.61. The Bertz CT molecular complexity index is 396. The number of amides is 1. The normalized spacial score (nSPS) is 9.88. The van der Waals surface area contributed by atoms with Crippen LogP contribution in [0.3, 0.4) is 0 Å². The molecule has 0 aliphatic carbocycles. The Morgan fingerprint density at radius 1 is 1.53 bits per heavy atom. The number of hydrogen-bond donors (Lipinski definition) is 1. The second-order valence-corrected chi connectivity index (χ2v) is 3.61. The van der Waals surface area contributed by atoms with Gasteiger partial charge in [0.25, 0.3) is 0 Å². The van der Waals surface area contributed by atoms with Gasteiger partial charge in [-0.15, -0.1) is 0 Å². The van der Waals surface area contributed by atoms with Gasteiger partial charge in [-0.1, -0.05) is 0 Å². The maximum atomic E-state index is 13.4. The Morgan fingerprint density at radius 2 is 2.24 bits per heavy atom. The van der Waals surface area contributed by atoms with Crippen LogP contribution in [-0.2, 0) is 4.79 Å². The molecular weight excluding hydrogens is 223 g/mol. The minimum atomic E-state index is -0.405. The van der Waals surface area contributed by atoms with Crippen molar-refractivity contribution in [1.82, 2.24) is 4.90 Å². The Kier molecular flexibility index (Phi) is 4.75. The number of nitrogens with zero attached hydrogens (tertiary/aromatic N) is 1. The lowest BCUT2D eigenvalue weighted by Gasteiger charge is -2.15. The van der Waals surface area contributed by atoms with Gasteiger partial charge < -0.3 is 15.0 Å². The molecule has 0 atom stereocenters. The number of nitrogens with one attached hydrogen (secondary N) is 1. The standard InChI is InChI=1S/C12H17FN2O2/c1-4-15(2)12(16)8-14-11-7-9(17-3)5-6-10(11)13/h5-7,14H,4,8H2,1-3H3. The molecule has 4 nitrogen and oxygen atoms in total. The number of methoxy groups -OCH3 is 1. The summed E-state index contributed by atoms with van der Waals surface area (Å²) in [5, 5.41) is 2.76. The largest absolute Gasteiger partial charge is 0.497 e. The molecule has 5 heteroatoms. The van der Waals surface area contributed by atoms with Crippen molar-refractivity contribution in [3.8, 4) is 5.75 Å². The third-order valence-electron chi connectivity index (χ3n) is 2.50. The van der Waals surface area contributed by atoms with Crippen molar-refractivity contribution in [1.29, 1.82) is 0 Å². The van der Waals surface area contributed by atoms with E-state index in [2.05, 4.69) is 5.32 Å². The molecule has 94 valence electrons. The topological polar surface area (TPSA) is 41.6 Å². The lowest BCUT2D eigenvalue weighted by Crippen LogP contribution is -2.32. The molecule has 0 aliphatic heterocycles. The third kappa shape index (κ3) is 3.62. The molecule has 1 N–H and O–H groups in total. The maximum absolute atomic E-state index is 13.4. The Morgan fingerprint density at radius 3 is 2.82 bits per heavy atom. The summed E-state index contributed by atoms with van der Waals surface area (Å²) in [6, 6.07) is 4.35. The van der Waals surface area contributed by atoms with Gasteiger partial charge in [0.15, 0.2) is 0 Å². The third-order valence-corrected chi connectivity index (χ3v) is 2.50. The maximum Gasteiger partial charge on any atom is 0.241 e. The highest BCUT2D eigenvalue weighted by Crippen LogP contribution is 2.20. The number of carbonyl (C=O) groups is 1. The van der Waals surface area contributed by atoms with Crippen LogP contribution in [-0.4, -0.2) is 38.1 Å². The quantitative estimate of drug-likeness (QED) is 0.852. The van der Waals surface area contributed by atoms with Crippen molar-refractivity contribution in [2.75, 3.05) is 32.6 Å². The second kappa shape index (κ2) is 6.08. The summed E-state index contributed by atoms with van der Waals surface area (Å²) in [6.07, 6.45) is 0. The van der Waals surface area contributed by atoms with E-state index in [9.17, 15) is 9.18 Å². The zero-order valence-electron chi connectivity index (χ0n) is 10.3. The average molecular weight is 240 g/mol. The number of likely N-dealkylation sites (N-methyl/N-ethyl adjacent to an activating group) is 1. The molecule has 1 amide bonds. The van der Waals surface area contributed by atoms with Gasteiger partial charge in [0.2, 0.25) is 5.91 Å². The Hall–Kier alpha value is -1.78. The van der Waals surface area contributed by atoms with Gasteiger partial charge >= 0.3 is 0 Å². The number of benzene rings is 1. The summed E-state index contributed by atoms with van der Waals surface area (Å²) in [7, 11) is 3.21. The van der Waals surface area contributed by atoms with Gasteiger partial charge in [0.05, 0.1) is 19.3 Å². The molecule has 1 rings (SSSR count). The summed E-state index contributed by atoms with van der Waals surface area (Å²) in [6.45, 7) is 2.57. The highest BCUT2D eigenvalue weighted by atomic mass is 19.1. The number of hydrogen-bond acceptors (Lipinski definition) is 3. The number of halogens is 1. The van der Waals surface area contributed by atoms with Crippen LogP contribution in [0.1, 0.15) is 6.92 Å². The van der Waals surface area contributed by atoms with Crippen LogP contribution >= 0.6 is 0 Å². The minimum absolute atomic E-state index is 0.0639. The first kappa shape index (κ1) is 13.3. The molecule has 0 spiro atoms. The molecule has 1 aromatic carbocycles. The first-order valence-electron chi connectivity index (χ1n) is 5.39. The Balaban J connectivity index is 2.65. The minimum Gasteiger partial charge on any atom is -0.497 e. The van der Waals surface area contributed by atoms with Crippen LogP contribution in [0.5, 0.6) is 5.75 Å². The van der Waals surface area contributed by atoms with E-state index in [1.807, 2.05) is 6.92 Å². The average Bonchev–Trinajstić information content (AvgIpc) is 2.36. The van der Waals surface area contributed by atoms with Gasteiger partial charge in [-0.2, -0.15) is 0 Å². The molecule has 0 fully saturated rings. The van der Waals surface area contributed by atoms with Crippen molar-refractivity contribution in [2.45, 2.75) is 6.92 Å². The summed E-state index contributed by atoms with van der Waals surface area (Å²) >= 11 is 0. The van der Waals surface area contributed by atoms with Crippen molar-refractivity contribution < 1.29 is 13.9 Å². The summed E-state index contributed by atoms with van der Waals surface area (Å²) in [4.78, 5) is 13.1. The number of anilines is 1. The van der Waals surface area contributed by atoms with Gasteiger partial charge in [-0.05, 0) is 19.1 Å². The monoisotopic (exact) mass is 240 g/mol. The molecule has 0 bridgehead atoms. The SMILES string of the molecule is CCN(C)C(=O)CNc1cc(OC)ccc1F. The molecule has 0 unspecified atom stereocenters. The van der Waals surface area contributed by atoms with Crippen molar-refractivity contribution in [3.05, 3.63) is 24.0 Å². The van der Waals surface area contributed by atoms with Crippen LogP contribution in [0.15, 0.2) is 18.2 Å². The molecule has 0 saturated carbocycles. The predicted octanol–water partition coefficient (Wildman–Crippen LogP) is 1.72. The molecule has 0 aromatic heterocycles. The molecule has 0 aliphatic rings. The van der Waals surface area contributed by atoms with Crippen LogP contribution in [0, 0.1) is 5.82 Å². The summed E-state index contributed by atoms with van der Waals surface area (Å²) < 4.78 is 18.4.